The molecule has 0 amide bonds. The molecule has 0 radical (unpaired) electrons. The second-order valence-corrected chi connectivity index (χ2v) is 4.55. The third kappa shape index (κ3) is 5.04. The summed E-state index contributed by atoms with van der Waals surface area (Å²) in [5.74, 6) is 0. The number of hydrogen-bond acceptors (Lipinski definition) is 4. The van der Waals surface area contributed by atoms with Crippen LogP contribution in [0.1, 0.15) is 18.1 Å². The molecular weight excluding hydrogens is 228 g/mol. The number of ether oxygens (including phenoxy) is 1. The predicted molar refractivity (Wildman–Crippen MR) is 75.1 cm³/mol. The van der Waals surface area contributed by atoms with Gasteiger partial charge in [-0.1, -0.05) is 12.1 Å². The van der Waals surface area contributed by atoms with Crippen LogP contribution < -0.4 is 10.2 Å². The number of anilines is 1. The number of methoxy groups -OCH3 is 1. The van der Waals surface area contributed by atoms with E-state index in [-0.39, 0.29) is 0 Å². The van der Waals surface area contributed by atoms with E-state index in [2.05, 4.69) is 5.32 Å². The van der Waals surface area contributed by atoms with E-state index in [1.807, 2.05) is 43.3 Å². The predicted octanol–water partition coefficient (Wildman–Crippen LogP) is 1.41. The Hall–Kier alpha value is -1.10. The molecule has 1 atom stereocenters. The number of nitrogens with zero attached hydrogens (tertiary/aromatic N) is 1. The summed E-state index contributed by atoms with van der Waals surface area (Å²) < 4.78 is 4.96. The van der Waals surface area contributed by atoms with Gasteiger partial charge in [-0.15, -0.1) is 0 Å². The molecule has 1 unspecified atom stereocenters. The summed E-state index contributed by atoms with van der Waals surface area (Å²) in [4.78, 5) is 2.04. The highest BCUT2D eigenvalue weighted by molar-refractivity contribution is 5.46. The van der Waals surface area contributed by atoms with Crippen molar-refractivity contribution in [1.82, 2.24) is 5.32 Å². The maximum Gasteiger partial charge on any atom is 0.0914 e. The standard InChI is InChI=1S/C14H24N2O2/c1-16(2)13-7-5-12(6-8-13)14(17)11-15-9-4-10-18-3/h5-8,14-15,17H,4,9-11H2,1-3H3. The lowest BCUT2D eigenvalue weighted by Gasteiger charge is -2.15. The van der Waals surface area contributed by atoms with Crippen molar-refractivity contribution in [1.29, 1.82) is 0 Å². The van der Waals surface area contributed by atoms with Crippen LogP contribution >= 0.6 is 0 Å². The Bertz CT molecular complexity index is 325. The molecule has 0 saturated heterocycles. The first kappa shape index (κ1) is 15.0. The summed E-state index contributed by atoms with van der Waals surface area (Å²) in [7, 11) is 5.70. The third-order valence-corrected chi connectivity index (χ3v) is 2.83. The Labute approximate surface area is 110 Å². The Morgan fingerprint density at radius 2 is 1.94 bits per heavy atom. The summed E-state index contributed by atoms with van der Waals surface area (Å²) in [5, 5.41) is 13.2. The number of aliphatic hydroxyl groups excluding tert-OH is 1. The second kappa shape index (κ2) is 8.08. The lowest BCUT2D eigenvalue weighted by Crippen LogP contribution is -2.23. The molecule has 0 aromatic heterocycles. The molecule has 0 aliphatic heterocycles. The van der Waals surface area contributed by atoms with Gasteiger partial charge >= 0.3 is 0 Å². The smallest absolute Gasteiger partial charge is 0.0914 e. The fourth-order valence-electron chi connectivity index (χ4n) is 1.69. The highest BCUT2D eigenvalue weighted by atomic mass is 16.5. The maximum atomic E-state index is 10.00. The molecule has 1 aromatic carbocycles. The molecule has 0 aliphatic rings. The van der Waals surface area contributed by atoms with Gasteiger partial charge in [-0.25, -0.2) is 0 Å². The van der Waals surface area contributed by atoms with E-state index in [1.54, 1.807) is 7.11 Å². The lowest BCUT2D eigenvalue weighted by molar-refractivity contribution is 0.168. The minimum Gasteiger partial charge on any atom is -0.387 e. The van der Waals surface area contributed by atoms with Gasteiger partial charge in [0.2, 0.25) is 0 Å². The van der Waals surface area contributed by atoms with Gasteiger partial charge in [-0.2, -0.15) is 0 Å². The van der Waals surface area contributed by atoms with E-state index in [4.69, 9.17) is 4.74 Å². The molecule has 1 rings (SSSR count). The molecule has 0 saturated carbocycles. The van der Waals surface area contributed by atoms with Crippen LogP contribution in [0.4, 0.5) is 5.69 Å². The SMILES string of the molecule is COCCCNCC(O)c1ccc(N(C)C)cc1. The molecule has 1 aromatic rings. The van der Waals surface area contributed by atoms with Crippen molar-refractivity contribution in [2.45, 2.75) is 12.5 Å². The summed E-state index contributed by atoms with van der Waals surface area (Å²) in [6.45, 7) is 2.19. The first-order valence-electron chi connectivity index (χ1n) is 6.30. The molecule has 2 N–H and O–H groups in total. The molecule has 4 heteroatoms. The minimum atomic E-state index is -0.455. The monoisotopic (exact) mass is 252 g/mol. The van der Waals surface area contributed by atoms with Crippen LogP contribution in [-0.2, 0) is 4.74 Å². The number of hydrogen-bond donors (Lipinski definition) is 2. The molecule has 0 heterocycles. The van der Waals surface area contributed by atoms with E-state index in [9.17, 15) is 5.11 Å². The summed E-state index contributed by atoms with van der Waals surface area (Å²) in [5.41, 5.74) is 2.08. The van der Waals surface area contributed by atoms with Gasteiger partial charge < -0.3 is 20.1 Å². The van der Waals surface area contributed by atoms with Gasteiger partial charge in [0.25, 0.3) is 0 Å². The van der Waals surface area contributed by atoms with Crippen molar-refractivity contribution < 1.29 is 9.84 Å². The average Bonchev–Trinajstić information content (AvgIpc) is 2.38. The third-order valence-electron chi connectivity index (χ3n) is 2.83. The largest absolute Gasteiger partial charge is 0.387 e. The maximum absolute atomic E-state index is 10.00. The number of benzene rings is 1. The van der Waals surface area contributed by atoms with Crippen LogP contribution in [0.5, 0.6) is 0 Å². The summed E-state index contributed by atoms with van der Waals surface area (Å²) >= 11 is 0. The van der Waals surface area contributed by atoms with Gasteiger partial charge in [0.1, 0.15) is 0 Å². The lowest BCUT2D eigenvalue weighted by atomic mass is 10.1. The van der Waals surface area contributed by atoms with Crippen molar-refractivity contribution in [2.24, 2.45) is 0 Å². The van der Waals surface area contributed by atoms with Gasteiger partial charge in [-0.3, -0.25) is 0 Å². The highest BCUT2D eigenvalue weighted by Crippen LogP contribution is 2.17. The Morgan fingerprint density at radius 1 is 1.28 bits per heavy atom. The van der Waals surface area contributed by atoms with E-state index in [0.29, 0.717) is 6.54 Å². The Morgan fingerprint density at radius 3 is 2.50 bits per heavy atom. The van der Waals surface area contributed by atoms with Crippen molar-refractivity contribution >= 4 is 5.69 Å². The van der Waals surface area contributed by atoms with Gasteiger partial charge in [-0.05, 0) is 30.7 Å². The summed E-state index contributed by atoms with van der Waals surface area (Å²) in [6.07, 6.45) is 0.506. The fourth-order valence-corrected chi connectivity index (χ4v) is 1.69. The van der Waals surface area contributed by atoms with Crippen LogP contribution in [0.2, 0.25) is 0 Å². The molecule has 18 heavy (non-hydrogen) atoms. The molecule has 102 valence electrons. The van der Waals surface area contributed by atoms with Crippen molar-refractivity contribution in [3.05, 3.63) is 29.8 Å². The van der Waals surface area contributed by atoms with Crippen LogP contribution in [-0.4, -0.2) is 46.0 Å². The van der Waals surface area contributed by atoms with Gasteiger partial charge in [0, 0.05) is 40.0 Å². The molecule has 0 aliphatic carbocycles. The quantitative estimate of drug-likeness (QED) is 0.687. The zero-order chi connectivity index (χ0) is 13.4. The molecule has 0 fully saturated rings. The number of rotatable bonds is 8. The van der Waals surface area contributed by atoms with E-state index in [0.717, 1.165) is 30.8 Å². The molecular formula is C14H24N2O2. The fraction of sp³-hybridized carbons (Fsp3) is 0.571. The first-order chi connectivity index (χ1) is 8.65. The van der Waals surface area contributed by atoms with Gasteiger partial charge in [0.05, 0.1) is 6.10 Å². The Balaban J connectivity index is 2.34. The second-order valence-electron chi connectivity index (χ2n) is 4.55. The van der Waals surface area contributed by atoms with E-state index >= 15 is 0 Å². The highest BCUT2D eigenvalue weighted by Gasteiger charge is 2.06. The zero-order valence-electron chi connectivity index (χ0n) is 11.5. The van der Waals surface area contributed by atoms with Crippen molar-refractivity contribution in [3.63, 3.8) is 0 Å². The van der Waals surface area contributed by atoms with Crippen LogP contribution in [0.25, 0.3) is 0 Å². The summed E-state index contributed by atoms with van der Waals surface area (Å²) in [6, 6.07) is 7.97. The van der Waals surface area contributed by atoms with Crippen molar-refractivity contribution in [2.75, 3.05) is 45.8 Å². The number of aliphatic hydroxyl groups is 1. The van der Waals surface area contributed by atoms with Gasteiger partial charge in [0.15, 0.2) is 0 Å². The zero-order valence-corrected chi connectivity index (χ0v) is 11.5. The van der Waals surface area contributed by atoms with E-state index < -0.39 is 6.10 Å². The topological polar surface area (TPSA) is 44.7 Å². The van der Waals surface area contributed by atoms with E-state index in [1.165, 1.54) is 0 Å². The Kier molecular flexibility index (Phi) is 6.72. The molecule has 0 spiro atoms. The number of nitrogens with one attached hydrogen (secondary N) is 1. The molecule has 4 nitrogen and oxygen atoms in total. The van der Waals surface area contributed by atoms with Crippen LogP contribution in [0.3, 0.4) is 0 Å². The average molecular weight is 252 g/mol. The minimum absolute atomic E-state index is 0.455. The molecule has 0 bridgehead atoms. The first-order valence-corrected chi connectivity index (χ1v) is 6.30. The van der Waals surface area contributed by atoms with Crippen LogP contribution in [0.15, 0.2) is 24.3 Å². The van der Waals surface area contributed by atoms with Crippen molar-refractivity contribution in [3.8, 4) is 0 Å². The normalized spacial score (nSPS) is 12.4. The van der Waals surface area contributed by atoms with Crippen LogP contribution in [0, 0.1) is 0 Å².